The summed E-state index contributed by atoms with van der Waals surface area (Å²) in [4.78, 5) is 7.13. The van der Waals surface area contributed by atoms with Crippen LogP contribution in [0.15, 0.2) is 6.20 Å². The highest BCUT2D eigenvalue weighted by atomic mass is 16.5. The number of imidazole rings is 1. The Kier molecular flexibility index (Phi) is 6.33. The zero-order chi connectivity index (χ0) is 14.2. The van der Waals surface area contributed by atoms with E-state index in [1.54, 1.807) is 7.11 Å². The summed E-state index contributed by atoms with van der Waals surface area (Å²) in [5.74, 6) is 0.996. The predicted molar refractivity (Wildman–Crippen MR) is 82.2 cm³/mol. The Labute approximate surface area is 122 Å². The zero-order valence-electron chi connectivity index (χ0n) is 12.9. The van der Waals surface area contributed by atoms with Crippen LogP contribution in [0.5, 0.6) is 0 Å². The quantitative estimate of drug-likeness (QED) is 0.741. The number of nitrogens with zero attached hydrogens (tertiary/aromatic N) is 3. The molecular formula is C15H28N4O. The summed E-state index contributed by atoms with van der Waals surface area (Å²) in [5, 5.41) is 3.41. The molecule has 5 nitrogen and oxygen atoms in total. The second-order valence-corrected chi connectivity index (χ2v) is 5.57. The van der Waals surface area contributed by atoms with E-state index in [-0.39, 0.29) is 0 Å². The van der Waals surface area contributed by atoms with Gasteiger partial charge in [0.25, 0.3) is 0 Å². The number of aromatic nitrogens is 2. The van der Waals surface area contributed by atoms with Gasteiger partial charge in [-0.1, -0.05) is 6.42 Å². The zero-order valence-corrected chi connectivity index (χ0v) is 12.9. The van der Waals surface area contributed by atoms with Crippen LogP contribution in [-0.2, 0) is 11.3 Å². The number of ether oxygens (including phenoxy) is 1. The van der Waals surface area contributed by atoms with Crippen LogP contribution in [0.3, 0.4) is 0 Å². The minimum absolute atomic E-state index is 0.792. The highest BCUT2D eigenvalue weighted by Crippen LogP contribution is 2.11. The molecule has 1 N–H and O–H groups in total. The summed E-state index contributed by atoms with van der Waals surface area (Å²) in [6.45, 7) is 8.41. The molecule has 114 valence electrons. The van der Waals surface area contributed by atoms with Gasteiger partial charge in [-0.3, -0.25) is 0 Å². The number of likely N-dealkylation sites (tertiary alicyclic amines) is 1. The third-order valence-corrected chi connectivity index (χ3v) is 3.81. The summed E-state index contributed by atoms with van der Waals surface area (Å²) in [6.07, 6.45) is 7.25. The molecule has 0 aliphatic carbocycles. The van der Waals surface area contributed by atoms with Crippen LogP contribution in [0.25, 0.3) is 0 Å². The number of hydrogen-bond donors (Lipinski definition) is 1. The number of rotatable bonds is 8. The first-order valence-corrected chi connectivity index (χ1v) is 7.78. The average molecular weight is 280 g/mol. The predicted octanol–water partition coefficient (Wildman–Crippen LogP) is 2.13. The molecule has 0 atom stereocenters. The van der Waals surface area contributed by atoms with Gasteiger partial charge < -0.3 is 19.5 Å². The number of methoxy groups -OCH3 is 1. The van der Waals surface area contributed by atoms with Gasteiger partial charge in [-0.15, -0.1) is 0 Å². The smallest absolute Gasteiger partial charge is 0.203 e. The Morgan fingerprint density at radius 3 is 2.80 bits per heavy atom. The van der Waals surface area contributed by atoms with E-state index >= 15 is 0 Å². The highest BCUT2D eigenvalue weighted by Gasteiger charge is 2.11. The monoisotopic (exact) mass is 280 g/mol. The van der Waals surface area contributed by atoms with Crippen molar-refractivity contribution < 1.29 is 4.74 Å². The van der Waals surface area contributed by atoms with E-state index in [1.165, 1.54) is 32.4 Å². The van der Waals surface area contributed by atoms with E-state index in [4.69, 9.17) is 4.74 Å². The molecular weight excluding hydrogens is 252 g/mol. The number of hydrogen-bond acceptors (Lipinski definition) is 4. The molecule has 0 unspecified atom stereocenters. The Bertz CT molecular complexity index is 385. The van der Waals surface area contributed by atoms with Crippen molar-refractivity contribution in [2.45, 2.75) is 39.2 Å². The third-order valence-electron chi connectivity index (χ3n) is 3.81. The summed E-state index contributed by atoms with van der Waals surface area (Å²) in [6, 6.07) is 0. The second-order valence-electron chi connectivity index (χ2n) is 5.57. The Balaban J connectivity index is 1.80. The number of piperidine rings is 1. The van der Waals surface area contributed by atoms with Crippen LogP contribution < -0.4 is 5.32 Å². The van der Waals surface area contributed by atoms with Gasteiger partial charge in [-0.2, -0.15) is 0 Å². The van der Waals surface area contributed by atoms with Crippen LogP contribution in [0.2, 0.25) is 0 Å². The average Bonchev–Trinajstić information content (AvgIpc) is 2.83. The molecule has 5 heteroatoms. The maximum atomic E-state index is 5.07. The molecule has 0 amide bonds. The van der Waals surface area contributed by atoms with E-state index < -0.39 is 0 Å². The van der Waals surface area contributed by atoms with Crippen molar-refractivity contribution in [1.82, 2.24) is 14.5 Å². The topological polar surface area (TPSA) is 42.3 Å². The van der Waals surface area contributed by atoms with Crippen LogP contribution in [0, 0.1) is 6.92 Å². The molecule has 0 radical (unpaired) electrons. The van der Waals surface area contributed by atoms with Crippen molar-refractivity contribution >= 4 is 5.95 Å². The van der Waals surface area contributed by atoms with Crippen LogP contribution in [0.1, 0.15) is 31.4 Å². The lowest BCUT2D eigenvalue weighted by Crippen LogP contribution is -2.32. The summed E-state index contributed by atoms with van der Waals surface area (Å²) >= 11 is 0. The number of anilines is 1. The Morgan fingerprint density at radius 2 is 2.05 bits per heavy atom. The van der Waals surface area contributed by atoms with E-state index in [2.05, 4.69) is 32.9 Å². The minimum atomic E-state index is 0.792. The molecule has 20 heavy (non-hydrogen) atoms. The van der Waals surface area contributed by atoms with Crippen molar-refractivity contribution in [2.24, 2.45) is 0 Å². The van der Waals surface area contributed by atoms with Crippen molar-refractivity contribution in [3.05, 3.63) is 11.9 Å². The number of aryl methyl sites for hydroxylation is 1. The molecule has 1 aliphatic rings. The molecule has 2 rings (SSSR count). The molecule has 0 aromatic carbocycles. The van der Waals surface area contributed by atoms with Gasteiger partial charge in [0.15, 0.2) is 0 Å². The molecule has 1 aromatic rings. The molecule has 1 fully saturated rings. The van der Waals surface area contributed by atoms with Crippen molar-refractivity contribution in [3.8, 4) is 0 Å². The van der Waals surface area contributed by atoms with Gasteiger partial charge in [-0.05, 0) is 39.3 Å². The van der Waals surface area contributed by atoms with Gasteiger partial charge in [0, 0.05) is 39.5 Å². The fourth-order valence-electron chi connectivity index (χ4n) is 2.71. The highest BCUT2D eigenvalue weighted by molar-refractivity contribution is 5.28. The fourth-order valence-corrected chi connectivity index (χ4v) is 2.71. The molecule has 1 aromatic heterocycles. The lowest BCUT2D eigenvalue weighted by Gasteiger charge is -2.26. The maximum absolute atomic E-state index is 5.07. The molecule has 1 saturated heterocycles. The molecule has 1 aliphatic heterocycles. The minimum Gasteiger partial charge on any atom is -0.385 e. The van der Waals surface area contributed by atoms with Crippen LogP contribution in [-0.4, -0.2) is 54.3 Å². The number of nitrogens with one attached hydrogen (secondary N) is 1. The van der Waals surface area contributed by atoms with Crippen LogP contribution in [0.4, 0.5) is 5.95 Å². The van der Waals surface area contributed by atoms with Crippen LogP contribution >= 0.6 is 0 Å². The van der Waals surface area contributed by atoms with E-state index in [0.29, 0.717) is 0 Å². The van der Waals surface area contributed by atoms with Gasteiger partial charge in [0.05, 0.1) is 5.69 Å². The first kappa shape index (κ1) is 15.3. The normalized spacial score (nSPS) is 16.5. The first-order valence-electron chi connectivity index (χ1n) is 7.78. The Hall–Kier alpha value is -1.07. The SMILES string of the molecule is COCCCNc1nc(C)cn1CCN1CCCCC1. The lowest BCUT2D eigenvalue weighted by atomic mass is 10.1. The van der Waals surface area contributed by atoms with E-state index in [9.17, 15) is 0 Å². The van der Waals surface area contributed by atoms with E-state index in [1.807, 2.05) is 0 Å². The third kappa shape index (κ3) is 4.80. The van der Waals surface area contributed by atoms with Gasteiger partial charge in [0.1, 0.15) is 0 Å². The van der Waals surface area contributed by atoms with Crippen molar-refractivity contribution in [1.29, 1.82) is 0 Å². The standard InChI is InChI=1S/C15H28N4O/c1-14-13-19(11-10-18-8-4-3-5-9-18)15(17-14)16-7-6-12-20-2/h13H,3-12H2,1-2H3,(H,16,17). The summed E-state index contributed by atoms with van der Waals surface area (Å²) in [7, 11) is 1.74. The first-order chi connectivity index (χ1) is 9.79. The molecule has 0 spiro atoms. The largest absolute Gasteiger partial charge is 0.385 e. The van der Waals surface area contributed by atoms with Crippen molar-refractivity contribution in [2.75, 3.05) is 45.2 Å². The Morgan fingerprint density at radius 1 is 1.25 bits per heavy atom. The molecule has 0 saturated carbocycles. The van der Waals surface area contributed by atoms with Crippen molar-refractivity contribution in [3.63, 3.8) is 0 Å². The maximum Gasteiger partial charge on any atom is 0.203 e. The molecule has 2 heterocycles. The van der Waals surface area contributed by atoms with E-state index in [0.717, 1.165) is 44.3 Å². The summed E-state index contributed by atoms with van der Waals surface area (Å²) < 4.78 is 7.31. The van der Waals surface area contributed by atoms with Gasteiger partial charge in [-0.25, -0.2) is 4.98 Å². The van der Waals surface area contributed by atoms with Gasteiger partial charge in [0.2, 0.25) is 5.95 Å². The summed E-state index contributed by atoms with van der Waals surface area (Å²) in [5.41, 5.74) is 1.08. The lowest BCUT2D eigenvalue weighted by molar-refractivity contribution is 0.197. The second kappa shape index (κ2) is 8.27. The van der Waals surface area contributed by atoms with Gasteiger partial charge >= 0.3 is 0 Å². The molecule has 0 bridgehead atoms. The fraction of sp³-hybridized carbons (Fsp3) is 0.800.